The highest BCUT2D eigenvalue weighted by molar-refractivity contribution is 6.03. The third kappa shape index (κ3) is 3.76. The molecule has 0 aromatic heterocycles. The fourth-order valence-electron chi connectivity index (χ4n) is 4.09. The van der Waals surface area contributed by atoms with E-state index in [1.807, 2.05) is 38.1 Å². The molecule has 2 aliphatic heterocycles. The summed E-state index contributed by atoms with van der Waals surface area (Å²) in [5, 5.41) is 20.7. The Hall–Kier alpha value is -2.95. The number of fused-ring (bicyclic) bond motifs is 2. The molecule has 0 radical (unpaired) electrons. The monoisotopic (exact) mass is 408 g/mol. The molecule has 0 fully saturated rings. The number of aromatic hydroxyl groups is 2. The van der Waals surface area contributed by atoms with E-state index in [1.54, 1.807) is 0 Å². The number of phenols is 2. The van der Waals surface area contributed by atoms with E-state index in [0.717, 1.165) is 35.3 Å². The van der Waals surface area contributed by atoms with Gasteiger partial charge in [0, 0.05) is 11.6 Å². The van der Waals surface area contributed by atoms with Crippen molar-refractivity contribution in [3.63, 3.8) is 0 Å². The van der Waals surface area contributed by atoms with E-state index in [2.05, 4.69) is 13.8 Å². The summed E-state index contributed by atoms with van der Waals surface area (Å²) in [5.41, 5.74) is 3.59. The third-order valence-electron chi connectivity index (χ3n) is 5.80. The summed E-state index contributed by atoms with van der Waals surface area (Å²) in [6, 6.07) is 7.15. The molecule has 0 unspecified atom stereocenters. The van der Waals surface area contributed by atoms with E-state index in [0.29, 0.717) is 12.0 Å². The highest BCUT2D eigenvalue weighted by Crippen LogP contribution is 2.46. The van der Waals surface area contributed by atoms with Crippen molar-refractivity contribution in [1.29, 1.82) is 0 Å². The van der Waals surface area contributed by atoms with Gasteiger partial charge >= 0.3 is 0 Å². The van der Waals surface area contributed by atoms with E-state index in [1.165, 1.54) is 6.07 Å². The molecule has 4 rings (SSSR count). The van der Waals surface area contributed by atoms with E-state index in [4.69, 9.17) is 9.47 Å². The van der Waals surface area contributed by atoms with Crippen LogP contribution in [-0.4, -0.2) is 21.6 Å². The van der Waals surface area contributed by atoms with Gasteiger partial charge in [-0.3, -0.25) is 4.79 Å². The molecule has 0 saturated heterocycles. The van der Waals surface area contributed by atoms with Gasteiger partial charge in [0.1, 0.15) is 40.3 Å². The summed E-state index contributed by atoms with van der Waals surface area (Å²) in [6.45, 7) is 8.09. The maximum atomic E-state index is 12.9. The van der Waals surface area contributed by atoms with Crippen LogP contribution < -0.4 is 9.47 Å². The Morgan fingerprint density at radius 2 is 1.97 bits per heavy atom. The van der Waals surface area contributed by atoms with Crippen LogP contribution in [-0.2, 0) is 12.8 Å². The van der Waals surface area contributed by atoms with Gasteiger partial charge < -0.3 is 19.7 Å². The van der Waals surface area contributed by atoms with Crippen molar-refractivity contribution < 1.29 is 24.5 Å². The topological polar surface area (TPSA) is 76.0 Å². The molecule has 5 nitrogen and oxygen atoms in total. The number of hydrogen-bond acceptors (Lipinski definition) is 5. The molecule has 158 valence electrons. The zero-order valence-corrected chi connectivity index (χ0v) is 17.9. The van der Waals surface area contributed by atoms with E-state index in [9.17, 15) is 15.0 Å². The number of Topliss-reactive ketones (excluding diaryl/α,β-unsaturated/α-hetero) is 1. The number of carbonyl (C=O) groups is 1. The lowest BCUT2D eigenvalue weighted by atomic mass is 9.89. The van der Waals surface area contributed by atoms with E-state index >= 15 is 0 Å². The first-order valence-corrected chi connectivity index (χ1v) is 10.4. The molecule has 0 aliphatic carbocycles. The fraction of sp³-hybridized carbons (Fsp3) is 0.400. The van der Waals surface area contributed by atoms with Gasteiger partial charge in [0.15, 0.2) is 5.78 Å². The number of aryl methyl sites for hydroxylation is 1. The van der Waals surface area contributed by atoms with Crippen molar-refractivity contribution in [2.75, 3.05) is 0 Å². The van der Waals surface area contributed by atoms with Crippen molar-refractivity contribution in [1.82, 2.24) is 0 Å². The molecule has 0 amide bonds. The number of phenolic OH excluding ortho intramolecular Hbond substituents is 2. The van der Waals surface area contributed by atoms with Gasteiger partial charge in [-0.15, -0.1) is 0 Å². The van der Waals surface area contributed by atoms with Crippen LogP contribution in [0.3, 0.4) is 0 Å². The Balaban J connectivity index is 1.71. The van der Waals surface area contributed by atoms with Gasteiger partial charge in [-0.25, -0.2) is 0 Å². The summed E-state index contributed by atoms with van der Waals surface area (Å²) >= 11 is 0. The lowest BCUT2D eigenvalue weighted by Crippen LogP contribution is -2.32. The number of rotatable bonds is 3. The van der Waals surface area contributed by atoms with Crippen LogP contribution >= 0.6 is 0 Å². The second-order valence-electron chi connectivity index (χ2n) is 9.05. The lowest BCUT2D eigenvalue weighted by Gasteiger charge is -2.33. The van der Waals surface area contributed by atoms with Gasteiger partial charge in [-0.05, 0) is 70.2 Å². The van der Waals surface area contributed by atoms with Gasteiger partial charge in [-0.2, -0.15) is 0 Å². The molecule has 30 heavy (non-hydrogen) atoms. The minimum absolute atomic E-state index is 0.0710. The second kappa shape index (κ2) is 7.38. The molecule has 0 spiro atoms. The van der Waals surface area contributed by atoms with E-state index < -0.39 is 6.10 Å². The van der Waals surface area contributed by atoms with Crippen LogP contribution in [0.1, 0.15) is 73.7 Å². The summed E-state index contributed by atoms with van der Waals surface area (Å²) in [7, 11) is 0. The minimum atomic E-state index is -0.475. The smallest absolute Gasteiger partial charge is 0.174 e. The van der Waals surface area contributed by atoms with Crippen LogP contribution in [0, 0.1) is 0 Å². The first-order chi connectivity index (χ1) is 14.1. The molecule has 0 saturated carbocycles. The van der Waals surface area contributed by atoms with Crippen molar-refractivity contribution in [3.05, 3.63) is 58.2 Å². The molecule has 2 heterocycles. The molecule has 2 aromatic carbocycles. The first kappa shape index (κ1) is 20.3. The first-order valence-electron chi connectivity index (χ1n) is 10.4. The molecule has 2 aliphatic rings. The minimum Gasteiger partial charge on any atom is -0.507 e. The average Bonchev–Trinajstić information content (AvgIpc) is 2.65. The third-order valence-corrected chi connectivity index (χ3v) is 5.80. The molecule has 5 heteroatoms. The predicted molar refractivity (Wildman–Crippen MR) is 115 cm³/mol. The fourth-order valence-corrected chi connectivity index (χ4v) is 4.09. The van der Waals surface area contributed by atoms with Gasteiger partial charge in [0.2, 0.25) is 0 Å². The quantitative estimate of drug-likeness (QED) is 0.664. The number of benzene rings is 2. The van der Waals surface area contributed by atoms with Crippen molar-refractivity contribution in [2.24, 2.45) is 0 Å². The zero-order valence-electron chi connectivity index (χ0n) is 17.9. The summed E-state index contributed by atoms with van der Waals surface area (Å²) in [6.07, 6.45) is 3.87. The summed E-state index contributed by atoms with van der Waals surface area (Å²) in [4.78, 5) is 12.9. The van der Waals surface area contributed by atoms with Gasteiger partial charge in [-0.1, -0.05) is 17.7 Å². The second-order valence-corrected chi connectivity index (χ2v) is 9.05. The van der Waals surface area contributed by atoms with Crippen molar-refractivity contribution in [2.45, 2.75) is 65.1 Å². The molecular formula is C25H28O5. The Labute approximate surface area is 177 Å². The molecular weight excluding hydrogens is 380 g/mol. The number of ether oxygens (including phenoxy) is 2. The molecule has 1 atom stereocenters. The Morgan fingerprint density at radius 3 is 2.70 bits per heavy atom. The highest BCUT2D eigenvalue weighted by Gasteiger charge is 2.34. The number of hydrogen-bond donors (Lipinski definition) is 2. The maximum absolute atomic E-state index is 12.9. The number of ketones is 1. The van der Waals surface area contributed by atoms with Crippen LogP contribution in [0.4, 0.5) is 0 Å². The summed E-state index contributed by atoms with van der Waals surface area (Å²) < 4.78 is 12.3. The normalized spacial score (nSPS) is 19.2. The standard InChI is InChI=1S/C25H28O5/c1-14(2)5-7-17-18(26)12-19(27)23-20(28)13-22(29-24(17)23)15-6-8-21-16(11-15)9-10-25(3,4)30-21/h5-6,8,11-12,22,26-27H,7,9-10,13H2,1-4H3/t22-/m0/s1. The van der Waals surface area contributed by atoms with Crippen LogP contribution in [0.5, 0.6) is 23.0 Å². The predicted octanol–water partition coefficient (Wildman–Crippen LogP) is 5.42. The SMILES string of the molecule is CC(C)=CCc1c(O)cc(O)c2c1O[C@H](c1ccc3c(c1)CCC(C)(C)O3)CC2=O. The van der Waals surface area contributed by atoms with E-state index in [-0.39, 0.29) is 40.6 Å². The number of allylic oxidation sites excluding steroid dienone is 2. The van der Waals surface area contributed by atoms with Gasteiger partial charge in [0.25, 0.3) is 0 Å². The largest absolute Gasteiger partial charge is 0.507 e. The highest BCUT2D eigenvalue weighted by atomic mass is 16.5. The van der Waals surface area contributed by atoms with Crippen LogP contribution in [0.25, 0.3) is 0 Å². The Morgan fingerprint density at radius 1 is 1.20 bits per heavy atom. The van der Waals surface area contributed by atoms with Crippen LogP contribution in [0.15, 0.2) is 35.9 Å². The van der Waals surface area contributed by atoms with Gasteiger partial charge in [0.05, 0.1) is 6.42 Å². The van der Waals surface area contributed by atoms with Crippen LogP contribution in [0.2, 0.25) is 0 Å². The van der Waals surface area contributed by atoms with Crippen molar-refractivity contribution in [3.8, 4) is 23.0 Å². The molecule has 2 aromatic rings. The molecule has 2 N–H and O–H groups in total. The summed E-state index contributed by atoms with van der Waals surface area (Å²) in [5.74, 6) is 0.650. The lowest BCUT2D eigenvalue weighted by molar-refractivity contribution is 0.0830. The maximum Gasteiger partial charge on any atom is 0.174 e. The average molecular weight is 408 g/mol. The molecule has 0 bridgehead atoms. The zero-order chi connectivity index (χ0) is 21.6. The Kier molecular flexibility index (Phi) is 5.00. The van der Waals surface area contributed by atoms with Crippen molar-refractivity contribution >= 4 is 5.78 Å². The Bertz CT molecular complexity index is 1040. The number of carbonyl (C=O) groups excluding carboxylic acids is 1.